The number of carbonyl (C=O) groups is 1. The first-order valence-electron chi connectivity index (χ1n) is 7.86. The highest BCUT2D eigenvalue weighted by molar-refractivity contribution is 9.10. The van der Waals surface area contributed by atoms with Gasteiger partial charge in [-0.05, 0) is 48.0 Å². The molecule has 1 aromatic heterocycles. The standard InChI is InChI=1S/C19H14BrClN2O3S/c20-17-4-2-1-3-13(17)11-23-19(24)14-5-10-18(22-12-14)27(25,26)16-8-6-15(21)7-9-16/h1-10,12H,11H2,(H,23,24). The van der Waals surface area contributed by atoms with Crippen LogP contribution < -0.4 is 5.32 Å². The van der Waals surface area contributed by atoms with Crippen LogP contribution in [0.4, 0.5) is 0 Å². The maximum Gasteiger partial charge on any atom is 0.253 e. The van der Waals surface area contributed by atoms with Gasteiger partial charge in [0.2, 0.25) is 9.84 Å². The molecule has 0 radical (unpaired) electrons. The van der Waals surface area contributed by atoms with Gasteiger partial charge >= 0.3 is 0 Å². The summed E-state index contributed by atoms with van der Waals surface area (Å²) in [6.07, 6.45) is 1.25. The van der Waals surface area contributed by atoms with Crippen molar-refractivity contribution < 1.29 is 13.2 Å². The molecule has 0 bridgehead atoms. The molecular weight excluding hydrogens is 452 g/mol. The molecule has 0 fully saturated rings. The van der Waals surface area contributed by atoms with Gasteiger partial charge in [-0.3, -0.25) is 4.79 Å². The SMILES string of the molecule is O=C(NCc1ccccc1Br)c1ccc(S(=O)(=O)c2ccc(Cl)cc2)nc1. The third-order valence-electron chi connectivity index (χ3n) is 3.80. The van der Waals surface area contributed by atoms with E-state index in [9.17, 15) is 13.2 Å². The Labute approximate surface area is 170 Å². The second kappa shape index (κ2) is 8.21. The molecule has 3 rings (SSSR count). The van der Waals surface area contributed by atoms with E-state index in [-0.39, 0.29) is 21.4 Å². The number of benzene rings is 2. The van der Waals surface area contributed by atoms with Gasteiger partial charge < -0.3 is 5.32 Å². The number of nitrogens with zero attached hydrogens (tertiary/aromatic N) is 1. The van der Waals surface area contributed by atoms with Gasteiger partial charge in [0, 0.05) is 22.2 Å². The van der Waals surface area contributed by atoms with E-state index in [1.165, 1.54) is 42.6 Å². The van der Waals surface area contributed by atoms with Crippen molar-refractivity contribution in [3.05, 3.63) is 87.5 Å². The van der Waals surface area contributed by atoms with Crippen LogP contribution in [0.5, 0.6) is 0 Å². The molecule has 5 nitrogen and oxygen atoms in total. The van der Waals surface area contributed by atoms with Gasteiger partial charge in [-0.2, -0.15) is 0 Å². The fourth-order valence-corrected chi connectivity index (χ4v) is 4.05. The number of carbonyl (C=O) groups excluding carboxylic acids is 1. The lowest BCUT2D eigenvalue weighted by molar-refractivity contribution is 0.0950. The maximum atomic E-state index is 12.6. The zero-order chi connectivity index (χ0) is 19.4. The molecule has 0 spiro atoms. The monoisotopic (exact) mass is 464 g/mol. The minimum Gasteiger partial charge on any atom is -0.348 e. The topological polar surface area (TPSA) is 76.1 Å². The third kappa shape index (κ3) is 4.55. The predicted octanol–water partition coefficient (Wildman–Crippen LogP) is 4.26. The van der Waals surface area contributed by atoms with Crippen molar-refractivity contribution in [2.75, 3.05) is 0 Å². The molecule has 0 unspecified atom stereocenters. The number of pyridine rings is 1. The van der Waals surface area contributed by atoms with Gasteiger partial charge in [0.1, 0.15) is 0 Å². The number of rotatable bonds is 5. The first kappa shape index (κ1) is 19.5. The van der Waals surface area contributed by atoms with Gasteiger partial charge in [-0.15, -0.1) is 0 Å². The van der Waals surface area contributed by atoms with E-state index in [1.54, 1.807) is 0 Å². The highest BCUT2D eigenvalue weighted by Crippen LogP contribution is 2.21. The summed E-state index contributed by atoms with van der Waals surface area (Å²) < 4.78 is 26.0. The summed E-state index contributed by atoms with van der Waals surface area (Å²) in [6, 6.07) is 16.1. The smallest absolute Gasteiger partial charge is 0.253 e. The number of hydrogen-bond acceptors (Lipinski definition) is 4. The highest BCUT2D eigenvalue weighted by Gasteiger charge is 2.19. The van der Waals surface area contributed by atoms with Gasteiger partial charge in [0.05, 0.1) is 10.5 Å². The van der Waals surface area contributed by atoms with E-state index >= 15 is 0 Å². The van der Waals surface area contributed by atoms with Crippen LogP contribution >= 0.6 is 27.5 Å². The molecule has 3 aromatic rings. The molecule has 2 aromatic carbocycles. The Hall–Kier alpha value is -2.22. The summed E-state index contributed by atoms with van der Waals surface area (Å²) in [7, 11) is -3.77. The molecule has 0 aliphatic carbocycles. The van der Waals surface area contributed by atoms with Crippen molar-refractivity contribution in [2.24, 2.45) is 0 Å². The summed E-state index contributed by atoms with van der Waals surface area (Å²) in [4.78, 5) is 16.3. The number of hydrogen-bond donors (Lipinski definition) is 1. The summed E-state index contributed by atoms with van der Waals surface area (Å²) in [5.74, 6) is -0.339. The second-order valence-electron chi connectivity index (χ2n) is 5.62. The fraction of sp³-hybridized carbons (Fsp3) is 0.0526. The average Bonchev–Trinajstić information content (AvgIpc) is 2.67. The quantitative estimate of drug-likeness (QED) is 0.611. The normalized spacial score (nSPS) is 11.2. The number of amides is 1. The van der Waals surface area contributed by atoms with Crippen LogP contribution in [0.25, 0.3) is 0 Å². The Balaban J connectivity index is 1.74. The van der Waals surface area contributed by atoms with E-state index in [0.717, 1.165) is 10.0 Å². The molecule has 0 aliphatic heterocycles. The van der Waals surface area contributed by atoms with Crippen LogP contribution in [0, 0.1) is 0 Å². The lowest BCUT2D eigenvalue weighted by Gasteiger charge is -2.08. The van der Waals surface area contributed by atoms with Crippen molar-refractivity contribution in [2.45, 2.75) is 16.5 Å². The van der Waals surface area contributed by atoms with Gasteiger partial charge in [-0.25, -0.2) is 13.4 Å². The van der Waals surface area contributed by atoms with Crippen molar-refractivity contribution in [1.29, 1.82) is 0 Å². The van der Waals surface area contributed by atoms with E-state index in [4.69, 9.17) is 11.6 Å². The molecule has 1 amide bonds. The molecule has 27 heavy (non-hydrogen) atoms. The van der Waals surface area contributed by atoms with Crippen LogP contribution in [-0.4, -0.2) is 19.3 Å². The lowest BCUT2D eigenvalue weighted by atomic mass is 10.2. The molecule has 1 heterocycles. The molecule has 0 atom stereocenters. The summed E-state index contributed by atoms with van der Waals surface area (Å²) >= 11 is 9.21. The van der Waals surface area contributed by atoms with Gasteiger partial charge in [0.15, 0.2) is 5.03 Å². The second-order valence-corrected chi connectivity index (χ2v) is 8.80. The van der Waals surface area contributed by atoms with Crippen molar-refractivity contribution in [3.8, 4) is 0 Å². The van der Waals surface area contributed by atoms with Crippen LogP contribution in [0.3, 0.4) is 0 Å². The van der Waals surface area contributed by atoms with Crippen molar-refractivity contribution in [3.63, 3.8) is 0 Å². The summed E-state index contributed by atoms with van der Waals surface area (Å²) in [6.45, 7) is 0.338. The molecule has 0 saturated carbocycles. The lowest BCUT2D eigenvalue weighted by Crippen LogP contribution is -2.23. The number of aromatic nitrogens is 1. The zero-order valence-electron chi connectivity index (χ0n) is 13.9. The molecule has 0 saturated heterocycles. The Morgan fingerprint density at radius 2 is 1.74 bits per heavy atom. The van der Waals surface area contributed by atoms with E-state index in [2.05, 4.69) is 26.2 Å². The predicted molar refractivity (Wildman–Crippen MR) is 106 cm³/mol. The third-order valence-corrected chi connectivity index (χ3v) is 6.51. The largest absolute Gasteiger partial charge is 0.348 e. The number of halogens is 2. The number of nitrogens with one attached hydrogen (secondary N) is 1. The molecule has 0 aliphatic rings. The maximum absolute atomic E-state index is 12.6. The molecular formula is C19H14BrClN2O3S. The fourth-order valence-electron chi connectivity index (χ4n) is 2.33. The van der Waals surface area contributed by atoms with Crippen molar-refractivity contribution >= 4 is 43.3 Å². The van der Waals surface area contributed by atoms with Gasteiger partial charge in [-0.1, -0.05) is 45.7 Å². The average molecular weight is 466 g/mol. The Morgan fingerprint density at radius 3 is 2.37 bits per heavy atom. The van der Waals surface area contributed by atoms with Gasteiger partial charge in [0.25, 0.3) is 5.91 Å². The molecule has 1 N–H and O–H groups in total. The minimum absolute atomic E-state index is 0.0885. The zero-order valence-corrected chi connectivity index (χ0v) is 17.1. The van der Waals surface area contributed by atoms with E-state index < -0.39 is 9.84 Å². The first-order valence-corrected chi connectivity index (χ1v) is 10.5. The highest BCUT2D eigenvalue weighted by atomic mass is 79.9. The first-order chi connectivity index (χ1) is 12.9. The Morgan fingerprint density at radius 1 is 1.04 bits per heavy atom. The summed E-state index contributed by atoms with van der Waals surface area (Å²) in [5.41, 5.74) is 1.21. The van der Waals surface area contributed by atoms with Crippen molar-refractivity contribution in [1.82, 2.24) is 10.3 Å². The van der Waals surface area contributed by atoms with Crippen LogP contribution in [0.15, 0.2) is 81.3 Å². The Bertz CT molecular complexity index is 1070. The van der Waals surface area contributed by atoms with Crippen LogP contribution in [0.1, 0.15) is 15.9 Å². The van der Waals surface area contributed by atoms with Crippen LogP contribution in [-0.2, 0) is 16.4 Å². The molecule has 8 heteroatoms. The van der Waals surface area contributed by atoms with E-state index in [1.807, 2.05) is 24.3 Å². The van der Waals surface area contributed by atoms with Crippen LogP contribution in [0.2, 0.25) is 5.02 Å². The number of sulfone groups is 1. The minimum atomic E-state index is -3.77. The van der Waals surface area contributed by atoms with E-state index in [0.29, 0.717) is 11.6 Å². The Kier molecular flexibility index (Phi) is 5.94. The molecule has 138 valence electrons. The summed E-state index contributed by atoms with van der Waals surface area (Å²) in [5, 5.41) is 3.09.